The van der Waals surface area contributed by atoms with E-state index in [2.05, 4.69) is 9.98 Å². The summed E-state index contributed by atoms with van der Waals surface area (Å²) in [6.07, 6.45) is 1.09. The van der Waals surface area contributed by atoms with Crippen molar-refractivity contribution in [3.63, 3.8) is 0 Å². The second-order valence-electron chi connectivity index (χ2n) is 3.95. The van der Waals surface area contributed by atoms with Crippen LogP contribution in [0.2, 0.25) is 0 Å². The lowest BCUT2D eigenvalue weighted by atomic mass is 10.3. The quantitative estimate of drug-likeness (QED) is 0.606. The van der Waals surface area contributed by atoms with Crippen molar-refractivity contribution < 1.29 is 0 Å². The minimum absolute atomic E-state index is 0.421. The average Bonchev–Trinajstić information content (AvgIpc) is 2.86. The molecule has 2 atom stereocenters. The smallest absolute Gasteiger partial charge is 0.135 e. The Bertz CT molecular complexity index is 408. The van der Waals surface area contributed by atoms with Crippen molar-refractivity contribution in [3.8, 4) is 0 Å². The SMILES string of the molecule is CN=C(N)C1CC1CN=C(N)c1cccs1. The van der Waals surface area contributed by atoms with Crippen molar-refractivity contribution in [2.75, 3.05) is 13.6 Å². The molecule has 2 unspecified atom stereocenters. The van der Waals surface area contributed by atoms with Crippen molar-refractivity contribution in [1.29, 1.82) is 0 Å². The Kier molecular flexibility index (Phi) is 3.24. The standard InChI is InChI=1S/C11H16N4S/c1-14-10(12)8-5-7(8)6-15-11(13)9-3-2-4-16-9/h2-4,7-8H,5-6H2,1H3,(H2,12,14)(H2,13,15). The molecule has 86 valence electrons. The van der Waals surface area contributed by atoms with E-state index in [0.29, 0.717) is 17.7 Å². The topological polar surface area (TPSA) is 76.8 Å². The first-order valence-corrected chi connectivity index (χ1v) is 6.16. The van der Waals surface area contributed by atoms with Crippen molar-refractivity contribution >= 4 is 23.0 Å². The summed E-state index contributed by atoms with van der Waals surface area (Å²) in [7, 11) is 1.73. The molecular weight excluding hydrogens is 220 g/mol. The number of nitrogens with two attached hydrogens (primary N) is 2. The Morgan fingerprint density at radius 3 is 3.00 bits per heavy atom. The summed E-state index contributed by atoms with van der Waals surface area (Å²) in [5, 5.41) is 2.00. The van der Waals surface area contributed by atoms with Gasteiger partial charge in [-0.1, -0.05) is 6.07 Å². The zero-order chi connectivity index (χ0) is 11.5. The number of hydrogen-bond donors (Lipinski definition) is 2. The fourth-order valence-electron chi connectivity index (χ4n) is 1.70. The highest BCUT2D eigenvalue weighted by Gasteiger charge is 2.39. The van der Waals surface area contributed by atoms with Gasteiger partial charge in [0.05, 0.1) is 10.7 Å². The molecular formula is C11H16N4S. The van der Waals surface area contributed by atoms with E-state index in [1.165, 1.54) is 0 Å². The van der Waals surface area contributed by atoms with Crippen molar-refractivity contribution in [2.24, 2.45) is 33.3 Å². The number of hydrogen-bond acceptors (Lipinski definition) is 3. The highest BCUT2D eigenvalue weighted by molar-refractivity contribution is 7.12. The fourth-order valence-corrected chi connectivity index (χ4v) is 2.34. The lowest BCUT2D eigenvalue weighted by molar-refractivity contribution is 0.810. The molecule has 0 aromatic carbocycles. The van der Waals surface area contributed by atoms with E-state index < -0.39 is 0 Å². The fraction of sp³-hybridized carbons (Fsp3) is 0.455. The number of thiophene rings is 1. The van der Waals surface area contributed by atoms with E-state index in [0.717, 1.165) is 23.7 Å². The molecule has 0 amide bonds. The van der Waals surface area contributed by atoms with Gasteiger partial charge in [-0.25, -0.2) is 0 Å². The van der Waals surface area contributed by atoms with Crippen LogP contribution < -0.4 is 11.5 Å². The van der Waals surface area contributed by atoms with E-state index in [9.17, 15) is 0 Å². The summed E-state index contributed by atoms with van der Waals surface area (Å²) < 4.78 is 0. The van der Waals surface area contributed by atoms with Crippen molar-refractivity contribution in [3.05, 3.63) is 22.4 Å². The van der Waals surface area contributed by atoms with Crippen LogP contribution in [-0.4, -0.2) is 25.3 Å². The summed E-state index contributed by atoms with van der Waals surface area (Å²) in [5.74, 6) is 2.33. The molecule has 1 aromatic heterocycles. The monoisotopic (exact) mass is 236 g/mol. The second kappa shape index (κ2) is 4.65. The summed E-state index contributed by atoms with van der Waals surface area (Å²) in [4.78, 5) is 9.42. The van der Waals surface area contributed by atoms with Crippen LogP contribution in [0, 0.1) is 11.8 Å². The first-order valence-electron chi connectivity index (χ1n) is 5.28. The molecule has 16 heavy (non-hydrogen) atoms. The second-order valence-corrected chi connectivity index (χ2v) is 4.90. The molecule has 1 aliphatic rings. The van der Waals surface area contributed by atoms with Crippen molar-refractivity contribution in [1.82, 2.24) is 0 Å². The number of aliphatic imine (C=N–C) groups is 2. The third-order valence-electron chi connectivity index (χ3n) is 2.83. The zero-order valence-corrected chi connectivity index (χ0v) is 10.1. The lowest BCUT2D eigenvalue weighted by Crippen LogP contribution is -2.16. The van der Waals surface area contributed by atoms with Gasteiger partial charge in [0.25, 0.3) is 0 Å². The van der Waals surface area contributed by atoms with Gasteiger partial charge in [0.2, 0.25) is 0 Å². The molecule has 1 heterocycles. The Labute approximate surface area is 99.1 Å². The van der Waals surface area contributed by atoms with Crippen molar-refractivity contribution in [2.45, 2.75) is 6.42 Å². The molecule has 1 saturated carbocycles. The van der Waals surface area contributed by atoms with Gasteiger partial charge < -0.3 is 11.5 Å². The van der Waals surface area contributed by atoms with Gasteiger partial charge in [0, 0.05) is 19.5 Å². The van der Waals surface area contributed by atoms with Gasteiger partial charge in [-0.2, -0.15) is 0 Å². The predicted octanol–water partition coefficient (Wildman–Crippen LogP) is 1.08. The average molecular weight is 236 g/mol. The Morgan fingerprint density at radius 2 is 2.38 bits per heavy atom. The Balaban J connectivity index is 1.87. The van der Waals surface area contributed by atoms with Gasteiger partial charge in [0.1, 0.15) is 5.84 Å². The van der Waals surface area contributed by atoms with E-state index in [1.54, 1.807) is 18.4 Å². The molecule has 0 saturated heterocycles. The van der Waals surface area contributed by atoms with Crippen LogP contribution in [0.1, 0.15) is 11.3 Å². The summed E-state index contributed by atoms with van der Waals surface area (Å²) in [6, 6.07) is 3.96. The largest absolute Gasteiger partial charge is 0.387 e. The first-order chi connectivity index (χ1) is 7.72. The third-order valence-corrected chi connectivity index (χ3v) is 3.72. The molecule has 0 spiro atoms. The minimum Gasteiger partial charge on any atom is -0.387 e. The zero-order valence-electron chi connectivity index (χ0n) is 9.26. The molecule has 0 bridgehead atoms. The van der Waals surface area contributed by atoms with Gasteiger partial charge in [-0.05, 0) is 23.8 Å². The summed E-state index contributed by atoms with van der Waals surface area (Å²) in [6.45, 7) is 0.755. The van der Waals surface area contributed by atoms with Crippen LogP contribution in [0.5, 0.6) is 0 Å². The summed E-state index contributed by atoms with van der Waals surface area (Å²) >= 11 is 1.61. The van der Waals surface area contributed by atoms with E-state index in [-0.39, 0.29) is 0 Å². The van der Waals surface area contributed by atoms with E-state index in [4.69, 9.17) is 11.5 Å². The van der Waals surface area contributed by atoms with Gasteiger partial charge in [-0.15, -0.1) is 11.3 Å². The molecule has 0 aliphatic heterocycles. The molecule has 2 rings (SSSR count). The van der Waals surface area contributed by atoms with Gasteiger partial charge in [-0.3, -0.25) is 9.98 Å². The van der Waals surface area contributed by atoms with Crippen LogP contribution in [0.3, 0.4) is 0 Å². The van der Waals surface area contributed by atoms with Crippen LogP contribution >= 0.6 is 11.3 Å². The number of nitrogens with zero attached hydrogens (tertiary/aromatic N) is 2. The first kappa shape index (κ1) is 11.1. The van der Waals surface area contributed by atoms with Crippen LogP contribution in [-0.2, 0) is 0 Å². The third kappa shape index (κ3) is 2.41. The molecule has 4 nitrogen and oxygen atoms in total. The highest BCUT2D eigenvalue weighted by atomic mass is 32.1. The number of amidine groups is 2. The molecule has 4 N–H and O–H groups in total. The van der Waals surface area contributed by atoms with Crippen LogP contribution in [0.25, 0.3) is 0 Å². The minimum atomic E-state index is 0.421. The van der Waals surface area contributed by atoms with Crippen LogP contribution in [0.4, 0.5) is 0 Å². The van der Waals surface area contributed by atoms with Crippen LogP contribution in [0.15, 0.2) is 27.5 Å². The molecule has 1 aliphatic carbocycles. The predicted molar refractivity (Wildman–Crippen MR) is 69.1 cm³/mol. The maximum absolute atomic E-state index is 5.87. The van der Waals surface area contributed by atoms with E-state index in [1.807, 2.05) is 17.5 Å². The highest BCUT2D eigenvalue weighted by Crippen LogP contribution is 2.38. The molecule has 5 heteroatoms. The Hall–Kier alpha value is -1.36. The molecule has 1 fully saturated rings. The van der Waals surface area contributed by atoms with E-state index >= 15 is 0 Å². The maximum atomic E-state index is 5.87. The summed E-state index contributed by atoms with van der Waals surface area (Å²) in [5.41, 5.74) is 11.6. The number of rotatable bonds is 4. The maximum Gasteiger partial charge on any atom is 0.135 e. The molecule has 1 aromatic rings. The normalized spacial score (nSPS) is 25.8. The van der Waals surface area contributed by atoms with Gasteiger partial charge in [0.15, 0.2) is 0 Å². The van der Waals surface area contributed by atoms with Gasteiger partial charge >= 0.3 is 0 Å². The Morgan fingerprint density at radius 1 is 1.56 bits per heavy atom. The lowest BCUT2D eigenvalue weighted by Gasteiger charge is -1.98. The molecule has 0 radical (unpaired) electrons.